The van der Waals surface area contributed by atoms with E-state index < -0.39 is 0 Å². The first kappa shape index (κ1) is 13.1. The van der Waals surface area contributed by atoms with Crippen molar-refractivity contribution >= 4 is 38.6 Å². The second kappa shape index (κ2) is 6.07. The van der Waals surface area contributed by atoms with E-state index >= 15 is 0 Å². The monoisotopic (exact) mass is 301 g/mol. The molecule has 0 fully saturated rings. The fraction of sp³-hybridized carbons (Fsp3) is 0.0667. The number of carbonyl (C=O) groups excluding carboxylic acids is 1. The molecule has 3 rings (SSSR count). The van der Waals surface area contributed by atoms with Gasteiger partial charge in [-0.15, -0.1) is 11.3 Å². The highest BCUT2D eigenvalue weighted by atomic mass is 32.2. The van der Waals surface area contributed by atoms with Crippen LogP contribution in [0, 0.1) is 0 Å². The number of thioether (sulfide) groups is 1. The first-order valence-corrected chi connectivity index (χ1v) is 7.69. The molecule has 0 amide bonds. The number of benzene rings is 2. The highest BCUT2D eigenvalue weighted by Crippen LogP contribution is 2.30. The predicted molar refractivity (Wildman–Crippen MR) is 82.1 cm³/mol. The smallest absolute Gasteiger partial charge is 0.374 e. The van der Waals surface area contributed by atoms with E-state index in [0.29, 0.717) is 4.34 Å². The summed E-state index contributed by atoms with van der Waals surface area (Å²) in [6.45, 7) is 0.289. The number of hydrogen-bond acceptors (Lipinski definition) is 5. The molecule has 1 aromatic heterocycles. The van der Waals surface area contributed by atoms with Crippen LogP contribution in [0.4, 0.5) is 4.79 Å². The standard InChI is InChI=1S/C15H11NO2S2/c17-15(18-10-11-6-2-1-3-7-11)20-14-16-12-8-4-5-9-13(12)19-14/h1-9H,10H2. The molecule has 0 aliphatic carbocycles. The van der Waals surface area contributed by atoms with E-state index in [1.807, 2.05) is 54.6 Å². The molecule has 0 unspecified atom stereocenters. The summed E-state index contributed by atoms with van der Waals surface area (Å²) in [4.78, 5) is 16.2. The molecular formula is C15H11NO2S2. The maximum absolute atomic E-state index is 11.8. The normalized spacial score (nSPS) is 10.6. The Labute approximate surface area is 124 Å². The zero-order valence-electron chi connectivity index (χ0n) is 10.5. The van der Waals surface area contributed by atoms with Crippen LogP contribution in [0.1, 0.15) is 5.56 Å². The van der Waals surface area contributed by atoms with Crippen molar-refractivity contribution in [2.24, 2.45) is 0 Å². The quantitative estimate of drug-likeness (QED) is 0.518. The lowest BCUT2D eigenvalue weighted by atomic mass is 10.2. The maximum Gasteiger partial charge on any atom is 0.374 e. The van der Waals surface area contributed by atoms with Gasteiger partial charge in [-0.25, -0.2) is 9.78 Å². The van der Waals surface area contributed by atoms with Crippen molar-refractivity contribution in [2.75, 3.05) is 0 Å². The molecule has 2 aromatic carbocycles. The summed E-state index contributed by atoms with van der Waals surface area (Å²) < 4.78 is 7.01. The van der Waals surface area contributed by atoms with Gasteiger partial charge in [-0.1, -0.05) is 42.5 Å². The second-order valence-corrected chi connectivity index (χ2v) is 6.29. The third-order valence-corrected chi connectivity index (χ3v) is 4.53. The summed E-state index contributed by atoms with van der Waals surface area (Å²) in [5.41, 5.74) is 1.89. The second-order valence-electron chi connectivity index (χ2n) is 4.07. The van der Waals surface area contributed by atoms with Gasteiger partial charge in [0.25, 0.3) is 0 Å². The van der Waals surface area contributed by atoms with E-state index in [2.05, 4.69) is 4.98 Å². The van der Waals surface area contributed by atoms with Gasteiger partial charge in [0.15, 0.2) is 4.34 Å². The molecular weight excluding hydrogens is 290 g/mol. The van der Waals surface area contributed by atoms with E-state index in [1.165, 1.54) is 11.3 Å². The average Bonchev–Trinajstić information content (AvgIpc) is 2.88. The maximum atomic E-state index is 11.8. The van der Waals surface area contributed by atoms with Crippen LogP contribution in [0.5, 0.6) is 0 Å². The molecule has 0 saturated heterocycles. The fourth-order valence-corrected chi connectivity index (χ4v) is 3.45. The number of rotatable bonds is 3. The molecule has 3 aromatic rings. The third-order valence-electron chi connectivity index (χ3n) is 2.64. The first-order chi connectivity index (χ1) is 9.81. The van der Waals surface area contributed by atoms with Gasteiger partial charge in [0.05, 0.1) is 10.2 Å². The number of aromatic nitrogens is 1. The lowest BCUT2D eigenvalue weighted by molar-refractivity contribution is 0.168. The average molecular weight is 301 g/mol. The Kier molecular flexibility index (Phi) is 3.99. The summed E-state index contributed by atoms with van der Waals surface area (Å²) in [5.74, 6) is 0. The van der Waals surface area contributed by atoms with Crippen LogP contribution in [0.2, 0.25) is 0 Å². The molecule has 0 spiro atoms. The molecule has 1 heterocycles. The van der Waals surface area contributed by atoms with Gasteiger partial charge in [0.1, 0.15) is 6.61 Å². The minimum absolute atomic E-state index is 0.289. The van der Waals surface area contributed by atoms with Crippen molar-refractivity contribution in [3.63, 3.8) is 0 Å². The lowest BCUT2D eigenvalue weighted by Gasteiger charge is -2.02. The van der Waals surface area contributed by atoms with Crippen molar-refractivity contribution in [2.45, 2.75) is 10.9 Å². The van der Waals surface area contributed by atoms with Gasteiger partial charge in [-0.3, -0.25) is 0 Å². The SMILES string of the molecule is O=C(OCc1ccccc1)Sc1nc2ccccc2s1. The first-order valence-electron chi connectivity index (χ1n) is 6.05. The van der Waals surface area contributed by atoms with Crippen LogP contribution in [0.15, 0.2) is 58.9 Å². The van der Waals surface area contributed by atoms with Crippen LogP contribution in [0.25, 0.3) is 10.2 Å². The summed E-state index contributed by atoms with van der Waals surface area (Å²) >= 11 is 2.53. The van der Waals surface area contributed by atoms with Crippen molar-refractivity contribution in [3.8, 4) is 0 Å². The third kappa shape index (κ3) is 3.18. The molecule has 0 saturated carbocycles. The van der Waals surface area contributed by atoms with E-state index in [-0.39, 0.29) is 11.9 Å². The Morgan fingerprint density at radius 1 is 1.10 bits per heavy atom. The number of thiazole rings is 1. The highest BCUT2D eigenvalue weighted by Gasteiger charge is 2.11. The van der Waals surface area contributed by atoms with Crippen LogP contribution >= 0.6 is 23.1 Å². The molecule has 0 atom stereocenters. The molecule has 100 valence electrons. The van der Waals surface area contributed by atoms with Gasteiger partial charge in [-0.05, 0) is 17.7 Å². The number of carbonyl (C=O) groups is 1. The Balaban J connectivity index is 1.61. The van der Waals surface area contributed by atoms with Crippen LogP contribution in [-0.2, 0) is 11.3 Å². The molecule has 20 heavy (non-hydrogen) atoms. The molecule has 5 heteroatoms. The molecule has 0 bridgehead atoms. The van der Waals surface area contributed by atoms with Gasteiger partial charge in [-0.2, -0.15) is 0 Å². The van der Waals surface area contributed by atoms with Gasteiger partial charge in [0, 0.05) is 11.8 Å². The Hall–Kier alpha value is -1.85. The zero-order chi connectivity index (χ0) is 13.8. The summed E-state index contributed by atoms with van der Waals surface area (Å²) in [7, 11) is 0. The van der Waals surface area contributed by atoms with Gasteiger partial charge >= 0.3 is 5.30 Å². The minimum atomic E-state index is -0.326. The molecule has 0 radical (unpaired) electrons. The molecule has 3 nitrogen and oxygen atoms in total. The zero-order valence-corrected chi connectivity index (χ0v) is 12.1. The van der Waals surface area contributed by atoms with Crippen LogP contribution in [0.3, 0.4) is 0 Å². The van der Waals surface area contributed by atoms with Crippen LogP contribution in [-0.4, -0.2) is 10.3 Å². The minimum Gasteiger partial charge on any atom is -0.452 e. The van der Waals surface area contributed by atoms with Crippen molar-refractivity contribution in [3.05, 3.63) is 60.2 Å². The topological polar surface area (TPSA) is 39.2 Å². The summed E-state index contributed by atoms with van der Waals surface area (Å²) in [6, 6.07) is 17.4. The van der Waals surface area contributed by atoms with Gasteiger partial charge < -0.3 is 4.74 Å². The number of hydrogen-bond donors (Lipinski definition) is 0. The molecule has 0 N–H and O–H groups in total. The van der Waals surface area contributed by atoms with E-state index in [1.54, 1.807) is 0 Å². The Morgan fingerprint density at radius 2 is 1.85 bits per heavy atom. The Bertz CT molecular complexity index is 692. The number of nitrogens with zero attached hydrogens (tertiary/aromatic N) is 1. The van der Waals surface area contributed by atoms with E-state index in [4.69, 9.17) is 4.74 Å². The predicted octanol–water partition coefficient (Wildman–Crippen LogP) is 4.73. The van der Waals surface area contributed by atoms with E-state index in [9.17, 15) is 4.79 Å². The van der Waals surface area contributed by atoms with Crippen molar-refractivity contribution in [1.29, 1.82) is 0 Å². The number of ether oxygens (including phenoxy) is 1. The summed E-state index contributed by atoms with van der Waals surface area (Å²) in [5, 5.41) is -0.326. The lowest BCUT2D eigenvalue weighted by Crippen LogP contribution is -1.97. The Morgan fingerprint density at radius 3 is 2.65 bits per heavy atom. The van der Waals surface area contributed by atoms with Gasteiger partial charge in [0.2, 0.25) is 0 Å². The van der Waals surface area contributed by atoms with Crippen molar-refractivity contribution in [1.82, 2.24) is 4.98 Å². The largest absolute Gasteiger partial charge is 0.452 e. The fourth-order valence-electron chi connectivity index (χ4n) is 1.71. The van der Waals surface area contributed by atoms with Crippen LogP contribution < -0.4 is 0 Å². The summed E-state index contributed by atoms with van der Waals surface area (Å²) in [6.07, 6.45) is 0. The number of fused-ring (bicyclic) bond motifs is 1. The highest BCUT2D eigenvalue weighted by molar-refractivity contribution is 8.14. The molecule has 0 aliphatic heterocycles. The number of para-hydroxylation sites is 1. The molecule has 0 aliphatic rings. The van der Waals surface area contributed by atoms with Crippen molar-refractivity contribution < 1.29 is 9.53 Å². The van der Waals surface area contributed by atoms with E-state index in [0.717, 1.165) is 27.5 Å².